The van der Waals surface area contributed by atoms with E-state index in [0.717, 1.165) is 26.2 Å². The number of terminal acetylenes is 1. The minimum atomic E-state index is -0.654. The van der Waals surface area contributed by atoms with E-state index < -0.39 is 17.1 Å². The van der Waals surface area contributed by atoms with Gasteiger partial charge in [-0.15, -0.1) is 6.42 Å². The number of hydrogen-bond acceptors (Lipinski definition) is 8. The van der Waals surface area contributed by atoms with Gasteiger partial charge in [0.15, 0.2) is 0 Å². The fraction of sp³-hybridized carbons (Fsp3) is 0.733. The molecule has 0 aromatic heterocycles. The Morgan fingerprint density at radius 2 is 2.00 bits per heavy atom. The van der Waals surface area contributed by atoms with Crippen LogP contribution in [-0.4, -0.2) is 96.1 Å². The molecule has 1 unspecified atom stereocenters. The monoisotopic (exact) mass is 358 g/mol. The molecule has 1 aliphatic heterocycles. The van der Waals surface area contributed by atoms with Crippen molar-refractivity contribution in [2.24, 2.45) is 0 Å². The van der Waals surface area contributed by atoms with Gasteiger partial charge in [0.2, 0.25) is 0 Å². The molecule has 0 saturated carbocycles. The number of hydrogen-bond donors (Lipinski definition) is 3. The second-order valence-corrected chi connectivity index (χ2v) is 6.18. The van der Waals surface area contributed by atoms with E-state index in [1.54, 1.807) is 17.3 Å². The highest BCUT2D eigenvalue weighted by Crippen LogP contribution is 2.07. The zero-order valence-electron chi connectivity index (χ0n) is 14.0. The Kier molecular flexibility index (Phi) is 9.75. The Hall–Kier alpha value is -1.31. The number of carbonyl (C=O) groups excluding carboxylic acids is 2. The van der Waals surface area contributed by atoms with E-state index in [9.17, 15) is 9.59 Å². The second-order valence-electron chi connectivity index (χ2n) is 5.55. The lowest BCUT2D eigenvalue weighted by atomic mass is 10.3. The first kappa shape index (κ1) is 20.7. The first-order chi connectivity index (χ1) is 11.5. The van der Waals surface area contributed by atoms with Crippen LogP contribution < -0.4 is 5.48 Å². The third-order valence-corrected chi connectivity index (χ3v) is 4.04. The standard InChI is InChI=1S/C15H26N4O4S/c1-3-5-17-6-8-18(9-7-17)12-19(11-14(20)16-22)10-13(24)15(21)23-4-2/h1,13,22,24H,4-12H2,2H3,(H,16,20). The van der Waals surface area contributed by atoms with Gasteiger partial charge in [-0.2, -0.15) is 12.6 Å². The molecule has 8 nitrogen and oxygen atoms in total. The third kappa shape index (κ3) is 7.51. The predicted octanol–water partition coefficient (Wildman–Crippen LogP) is -1.14. The lowest BCUT2D eigenvalue weighted by Crippen LogP contribution is -2.52. The van der Waals surface area contributed by atoms with Crippen LogP contribution in [0.25, 0.3) is 0 Å². The smallest absolute Gasteiger partial charge is 0.320 e. The summed E-state index contributed by atoms with van der Waals surface area (Å²) in [5, 5.41) is 8.08. The summed E-state index contributed by atoms with van der Waals surface area (Å²) in [6.07, 6.45) is 5.32. The Balaban J connectivity index is 2.55. The number of hydroxylamine groups is 1. The van der Waals surface area contributed by atoms with Gasteiger partial charge < -0.3 is 4.74 Å². The molecule has 1 heterocycles. The molecule has 24 heavy (non-hydrogen) atoms. The van der Waals surface area contributed by atoms with Gasteiger partial charge in [-0.25, -0.2) is 5.48 Å². The van der Waals surface area contributed by atoms with Crippen molar-refractivity contribution in [3.8, 4) is 12.3 Å². The lowest BCUT2D eigenvalue weighted by molar-refractivity contribution is -0.143. The van der Waals surface area contributed by atoms with Gasteiger partial charge in [-0.3, -0.25) is 29.5 Å². The number of esters is 1. The van der Waals surface area contributed by atoms with Gasteiger partial charge in [-0.05, 0) is 6.92 Å². The summed E-state index contributed by atoms with van der Waals surface area (Å²) < 4.78 is 4.94. The van der Waals surface area contributed by atoms with Crippen LogP contribution in [0.1, 0.15) is 6.92 Å². The van der Waals surface area contributed by atoms with Crippen LogP contribution >= 0.6 is 12.6 Å². The van der Waals surface area contributed by atoms with Gasteiger partial charge >= 0.3 is 5.97 Å². The SMILES string of the molecule is C#CCN1CCN(CN(CC(=O)NO)CC(S)C(=O)OCC)CC1. The number of ether oxygens (including phenoxy) is 1. The van der Waals surface area contributed by atoms with E-state index >= 15 is 0 Å². The number of nitrogens with one attached hydrogen (secondary N) is 1. The number of piperazine rings is 1. The van der Waals surface area contributed by atoms with Crippen LogP contribution in [0.5, 0.6) is 0 Å². The number of amides is 1. The van der Waals surface area contributed by atoms with E-state index in [2.05, 4.69) is 28.3 Å². The van der Waals surface area contributed by atoms with Crippen molar-refractivity contribution in [2.45, 2.75) is 12.2 Å². The normalized spacial score (nSPS) is 17.3. The summed E-state index contributed by atoms with van der Waals surface area (Å²) in [4.78, 5) is 29.3. The first-order valence-corrected chi connectivity index (χ1v) is 8.40. The molecule has 1 aliphatic rings. The molecule has 1 amide bonds. The molecule has 1 fully saturated rings. The summed E-state index contributed by atoms with van der Waals surface area (Å²) in [5.74, 6) is 1.67. The van der Waals surface area contributed by atoms with Gasteiger partial charge in [-0.1, -0.05) is 5.92 Å². The molecule has 0 aromatic rings. The maximum atomic E-state index is 11.7. The summed E-state index contributed by atoms with van der Waals surface area (Å²) >= 11 is 4.25. The molecule has 0 spiro atoms. The highest BCUT2D eigenvalue weighted by atomic mass is 32.1. The van der Waals surface area contributed by atoms with E-state index in [4.69, 9.17) is 16.4 Å². The first-order valence-electron chi connectivity index (χ1n) is 7.88. The van der Waals surface area contributed by atoms with E-state index in [0.29, 0.717) is 13.2 Å². The summed E-state index contributed by atoms with van der Waals surface area (Å²) in [6, 6.07) is 0. The summed E-state index contributed by atoms with van der Waals surface area (Å²) in [7, 11) is 0. The van der Waals surface area contributed by atoms with Crippen LogP contribution in [0.3, 0.4) is 0 Å². The molecular formula is C15H26N4O4S. The van der Waals surface area contributed by atoms with Crippen molar-refractivity contribution in [1.29, 1.82) is 0 Å². The molecule has 136 valence electrons. The molecule has 1 saturated heterocycles. The molecule has 1 rings (SSSR count). The molecule has 2 N–H and O–H groups in total. The fourth-order valence-corrected chi connectivity index (χ4v) is 2.77. The Bertz CT molecular complexity index is 449. The highest BCUT2D eigenvalue weighted by molar-refractivity contribution is 7.81. The predicted molar refractivity (Wildman–Crippen MR) is 92.6 cm³/mol. The average molecular weight is 358 g/mol. The molecule has 1 atom stereocenters. The highest BCUT2D eigenvalue weighted by Gasteiger charge is 2.24. The Labute approximate surface area is 148 Å². The fourth-order valence-electron chi connectivity index (χ4n) is 2.47. The summed E-state index contributed by atoms with van der Waals surface area (Å²) in [6.45, 7) is 6.69. The van der Waals surface area contributed by atoms with Crippen molar-refractivity contribution in [3.05, 3.63) is 0 Å². The van der Waals surface area contributed by atoms with Crippen molar-refractivity contribution in [1.82, 2.24) is 20.2 Å². The molecule has 0 aliphatic carbocycles. The maximum absolute atomic E-state index is 11.7. The van der Waals surface area contributed by atoms with Crippen LogP contribution in [0.15, 0.2) is 0 Å². The number of nitrogens with zero attached hydrogens (tertiary/aromatic N) is 3. The number of rotatable bonds is 9. The van der Waals surface area contributed by atoms with E-state index in [1.165, 1.54) is 0 Å². The molecule has 9 heteroatoms. The number of carbonyl (C=O) groups is 2. The second kappa shape index (κ2) is 11.3. The van der Waals surface area contributed by atoms with Gasteiger partial charge in [0.05, 0.1) is 26.4 Å². The van der Waals surface area contributed by atoms with Crippen LogP contribution in [-0.2, 0) is 14.3 Å². The average Bonchev–Trinajstić information content (AvgIpc) is 2.56. The molecular weight excluding hydrogens is 332 g/mol. The van der Waals surface area contributed by atoms with E-state index in [-0.39, 0.29) is 19.7 Å². The van der Waals surface area contributed by atoms with Crippen LogP contribution in [0, 0.1) is 12.3 Å². The van der Waals surface area contributed by atoms with Crippen LogP contribution in [0.2, 0.25) is 0 Å². The minimum Gasteiger partial charge on any atom is -0.465 e. The Morgan fingerprint density at radius 1 is 1.38 bits per heavy atom. The third-order valence-electron chi connectivity index (χ3n) is 3.66. The molecule has 0 bridgehead atoms. The van der Waals surface area contributed by atoms with Crippen molar-refractivity contribution >= 4 is 24.5 Å². The van der Waals surface area contributed by atoms with Crippen molar-refractivity contribution in [3.63, 3.8) is 0 Å². The van der Waals surface area contributed by atoms with E-state index in [1.807, 2.05) is 0 Å². The lowest BCUT2D eigenvalue weighted by Gasteiger charge is -2.37. The zero-order chi connectivity index (χ0) is 17.9. The van der Waals surface area contributed by atoms with Crippen molar-refractivity contribution in [2.75, 3.05) is 59.1 Å². The van der Waals surface area contributed by atoms with Gasteiger partial charge in [0.1, 0.15) is 5.25 Å². The molecule has 0 radical (unpaired) electrons. The quantitative estimate of drug-likeness (QED) is 0.158. The topological polar surface area (TPSA) is 85.4 Å². The Morgan fingerprint density at radius 3 is 2.54 bits per heavy atom. The zero-order valence-corrected chi connectivity index (χ0v) is 14.9. The number of thiol groups is 1. The largest absolute Gasteiger partial charge is 0.465 e. The molecule has 0 aromatic carbocycles. The van der Waals surface area contributed by atoms with Crippen molar-refractivity contribution < 1.29 is 19.5 Å². The summed E-state index contributed by atoms with van der Waals surface area (Å²) in [5.41, 5.74) is 1.61. The maximum Gasteiger partial charge on any atom is 0.320 e. The van der Waals surface area contributed by atoms with Crippen LogP contribution in [0.4, 0.5) is 0 Å². The van der Waals surface area contributed by atoms with Gasteiger partial charge in [0.25, 0.3) is 5.91 Å². The minimum absolute atomic E-state index is 0.0302. The van der Waals surface area contributed by atoms with Gasteiger partial charge in [0, 0.05) is 32.7 Å².